The Balaban J connectivity index is 1.61. The van der Waals surface area contributed by atoms with Crippen LogP contribution in [0.1, 0.15) is 34.0 Å². The number of carbonyl (C=O) groups is 1. The standard InChI is InChI=1S/C26H25NO4/c1-3-30-23-12-8-7-11-19(23)15-24-25(29)20-13-14-22(28)21(26(20)31-24)17-27(2)16-18-9-5-4-6-10-18/h4-15,28H,3,16-17H2,1-2H3/b24-15-. The molecule has 158 valence electrons. The lowest BCUT2D eigenvalue weighted by Gasteiger charge is -2.20. The van der Waals surface area contributed by atoms with E-state index >= 15 is 0 Å². The number of ether oxygens (including phenoxy) is 2. The van der Waals surface area contributed by atoms with E-state index in [9.17, 15) is 9.90 Å². The van der Waals surface area contributed by atoms with Gasteiger partial charge in [-0.25, -0.2) is 0 Å². The van der Waals surface area contributed by atoms with E-state index in [2.05, 4.69) is 12.1 Å². The molecule has 1 N–H and O–H groups in total. The van der Waals surface area contributed by atoms with E-state index in [1.807, 2.05) is 56.4 Å². The Labute approximate surface area is 182 Å². The highest BCUT2D eigenvalue weighted by atomic mass is 16.5. The van der Waals surface area contributed by atoms with E-state index in [-0.39, 0.29) is 17.3 Å². The average Bonchev–Trinajstić information content (AvgIpc) is 3.08. The van der Waals surface area contributed by atoms with Crippen molar-refractivity contribution in [2.75, 3.05) is 13.7 Å². The summed E-state index contributed by atoms with van der Waals surface area (Å²) in [5.74, 6) is 0.930. The molecule has 0 aromatic heterocycles. The first-order valence-corrected chi connectivity index (χ1v) is 10.4. The molecule has 0 fully saturated rings. The molecule has 0 bridgehead atoms. The summed E-state index contributed by atoms with van der Waals surface area (Å²) in [7, 11) is 2.03. The van der Waals surface area contributed by atoms with Gasteiger partial charge in [0.1, 0.15) is 24.6 Å². The number of para-hydroxylation sites is 1. The molecule has 0 saturated carbocycles. The van der Waals surface area contributed by atoms with E-state index in [1.54, 1.807) is 12.1 Å². The third-order valence-corrected chi connectivity index (χ3v) is 5.23. The summed E-state index contributed by atoms with van der Waals surface area (Å²) in [6.45, 7) is 3.66. The van der Waals surface area contributed by atoms with Gasteiger partial charge in [0.25, 0.3) is 0 Å². The van der Waals surface area contributed by atoms with E-state index in [4.69, 9.17) is 9.47 Å². The number of carbonyl (C=O) groups excluding carboxylic acids is 1. The van der Waals surface area contributed by atoms with Gasteiger partial charge in [0, 0.05) is 16.7 Å². The molecule has 0 amide bonds. The zero-order valence-electron chi connectivity index (χ0n) is 17.7. The lowest BCUT2D eigenvalue weighted by atomic mass is 10.0. The SMILES string of the molecule is CCOc1ccccc1/C=C1\Oc2c(ccc([O-])c2C[NH+](C)Cc2ccccc2)C1=O. The second-order valence-electron chi connectivity index (χ2n) is 7.63. The Bertz CT molecular complexity index is 1120. The number of fused-ring (bicyclic) bond motifs is 1. The van der Waals surface area contributed by atoms with Crippen molar-refractivity contribution >= 4 is 11.9 Å². The molecule has 3 aromatic rings. The minimum Gasteiger partial charge on any atom is -0.872 e. The fourth-order valence-corrected chi connectivity index (χ4v) is 3.79. The van der Waals surface area contributed by atoms with Crippen molar-refractivity contribution < 1.29 is 24.3 Å². The lowest BCUT2D eigenvalue weighted by Crippen LogP contribution is -3.06. The van der Waals surface area contributed by atoms with Gasteiger partial charge in [-0.2, -0.15) is 0 Å². The number of Topliss-reactive ketones (excluding diaryl/α,β-unsaturated/α-hetero) is 1. The number of ketones is 1. The molecule has 1 aliphatic rings. The molecule has 0 spiro atoms. The van der Waals surface area contributed by atoms with Crippen LogP contribution in [0.5, 0.6) is 17.2 Å². The molecule has 0 saturated heterocycles. The zero-order chi connectivity index (χ0) is 21.8. The molecular formula is C26H25NO4. The number of rotatable bonds is 7. The van der Waals surface area contributed by atoms with Gasteiger partial charge in [0.05, 0.1) is 19.2 Å². The molecule has 0 aliphatic carbocycles. The number of hydrogen-bond acceptors (Lipinski definition) is 4. The topological polar surface area (TPSA) is 63.0 Å². The Morgan fingerprint density at radius 3 is 2.52 bits per heavy atom. The van der Waals surface area contributed by atoms with E-state index < -0.39 is 0 Å². The number of hydrogen-bond donors (Lipinski definition) is 1. The molecule has 4 rings (SSSR count). The molecule has 5 heteroatoms. The lowest BCUT2D eigenvalue weighted by molar-refractivity contribution is -0.907. The first-order valence-electron chi connectivity index (χ1n) is 10.4. The van der Waals surface area contributed by atoms with Gasteiger partial charge in [0.15, 0.2) is 5.76 Å². The van der Waals surface area contributed by atoms with Crippen LogP contribution in [0.2, 0.25) is 0 Å². The summed E-state index contributed by atoms with van der Waals surface area (Å²) in [6, 6.07) is 20.6. The minimum atomic E-state index is -0.219. The van der Waals surface area contributed by atoms with Gasteiger partial charge in [-0.1, -0.05) is 60.3 Å². The van der Waals surface area contributed by atoms with Crippen molar-refractivity contribution in [2.45, 2.75) is 20.0 Å². The normalized spacial score (nSPS) is 14.9. The molecule has 5 nitrogen and oxygen atoms in total. The molecule has 1 unspecified atom stereocenters. The van der Waals surface area contributed by atoms with Crippen molar-refractivity contribution in [1.82, 2.24) is 0 Å². The highest BCUT2D eigenvalue weighted by molar-refractivity contribution is 6.15. The average molecular weight is 415 g/mol. The Morgan fingerprint density at radius 2 is 1.74 bits per heavy atom. The maximum atomic E-state index is 13.0. The number of quaternary nitrogens is 1. The van der Waals surface area contributed by atoms with Crippen molar-refractivity contribution in [2.24, 2.45) is 0 Å². The van der Waals surface area contributed by atoms with Crippen LogP contribution in [0.4, 0.5) is 0 Å². The Kier molecular flexibility index (Phi) is 6.05. The van der Waals surface area contributed by atoms with E-state index in [0.29, 0.717) is 35.8 Å². The van der Waals surface area contributed by atoms with Gasteiger partial charge < -0.3 is 19.5 Å². The number of nitrogens with one attached hydrogen (secondary N) is 1. The Hall–Kier alpha value is -3.57. The maximum Gasteiger partial charge on any atom is 0.231 e. The van der Waals surface area contributed by atoms with E-state index in [0.717, 1.165) is 17.0 Å². The van der Waals surface area contributed by atoms with Crippen LogP contribution in [0.15, 0.2) is 72.5 Å². The van der Waals surface area contributed by atoms with Crippen molar-refractivity contribution in [1.29, 1.82) is 0 Å². The molecule has 1 atom stereocenters. The van der Waals surface area contributed by atoms with Gasteiger partial charge in [-0.15, -0.1) is 0 Å². The summed E-state index contributed by atoms with van der Waals surface area (Å²) in [5.41, 5.74) is 2.91. The third-order valence-electron chi connectivity index (χ3n) is 5.23. The van der Waals surface area contributed by atoms with E-state index in [1.165, 1.54) is 11.6 Å². The summed E-state index contributed by atoms with van der Waals surface area (Å²) >= 11 is 0. The van der Waals surface area contributed by atoms with Crippen LogP contribution < -0.4 is 19.5 Å². The molecule has 31 heavy (non-hydrogen) atoms. The molecular weight excluding hydrogens is 390 g/mol. The minimum absolute atomic E-state index is 0.116. The zero-order valence-corrected chi connectivity index (χ0v) is 17.7. The van der Waals surface area contributed by atoms with Crippen LogP contribution in [0.25, 0.3) is 6.08 Å². The quantitative estimate of drug-likeness (QED) is 0.603. The van der Waals surface area contributed by atoms with Crippen LogP contribution >= 0.6 is 0 Å². The van der Waals surface area contributed by atoms with Crippen LogP contribution in [-0.4, -0.2) is 19.4 Å². The second-order valence-corrected chi connectivity index (χ2v) is 7.63. The number of benzene rings is 3. The first kappa shape index (κ1) is 20.7. The summed E-state index contributed by atoms with van der Waals surface area (Å²) < 4.78 is 11.6. The van der Waals surface area contributed by atoms with Gasteiger partial charge >= 0.3 is 0 Å². The molecule has 1 aliphatic heterocycles. The second kappa shape index (κ2) is 9.06. The number of allylic oxidation sites excluding steroid dienone is 1. The monoisotopic (exact) mass is 415 g/mol. The van der Waals surface area contributed by atoms with Gasteiger partial charge in [-0.05, 0) is 25.1 Å². The summed E-state index contributed by atoms with van der Waals surface area (Å²) in [4.78, 5) is 14.1. The third kappa shape index (κ3) is 4.47. The maximum absolute atomic E-state index is 13.0. The largest absolute Gasteiger partial charge is 0.872 e. The Morgan fingerprint density at radius 1 is 1.00 bits per heavy atom. The predicted molar refractivity (Wildman–Crippen MR) is 117 cm³/mol. The van der Waals surface area contributed by atoms with Gasteiger partial charge in [-0.3, -0.25) is 4.79 Å². The fourth-order valence-electron chi connectivity index (χ4n) is 3.79. The molecule has 3 aromatic carbocycles. The first-order chi connectivity index (χ1) is 15.1. The molecule has 1 heterocycles. The highest BCUT2D eigenvalue weighted by Crippen LogP contribution is 2.38. The van der Waals surface area contributed by atoms with Gasteiger partial charge in [0.2, 0.25) is 5.78 Å². The van der Waals surface area contributed by atoms with Crippen LogP contribution in [-0.2, 0) is 13.1 Å². The van der Waals surface area contributed by atoms with Crippen LogP contribution in [0.3, 0.4) is 0 Å². The molecule has 0 radical (unpaired) electrons. The van der Waals surface area contributed by atoms with Crippen molar-refractivity contribution in [3.63, 3.8) is 0 Å². The van der Waals surface area contributed by atoms with Crippen molar-refractivity contribution in [3.8, 4) is 17.2 Å². The fraction of sp³-hybridized carbons (Fsp3) is 0.192. The van der Waals surface area contributed by atoms with Crippen LogP contribution in [0, 0.1) is 0 Å². The van der Waals surface area contributed by atoms with Crippen molar-refractivity contribution in [3.05, 3.63) is 94.7 Å². The highest BCUT2D eigenvalue weighted by Gasteiger charge is 2.31. The summed E-state index contributed by atoms with van der Waals surface area (Å²) in [5, 5.41) is 12.6. The summed E-state index contributed by atoms with van der Waals surface area (Å²) in [6.07, 6.45) is 1.68. The predicted octanol–water partition coefficient (Wildman–Crippen LogP) is 2.99. The smallest absolute Gasteiger partial charge is 0.231 e.